The minimum absolute atomic E-state index is 0.163. The number of benzene rings is 2. The highest BCUT2D eigenvalue weighted by Crippen LogP contribution is 2.31. The topological polar surface area (TPSA) is 21.3 Å². The lowest BCUT2D eigenvalue weighted by Gasteiger charge is -2.23. The van der Waals surface area contributed by atoms with Gasteiger partial charge in [0.05, 0.1) is 13.2 Å². The van der Waals surface area contributed by atoms with Crippen LogP contribution in [-0.2, 0) is 0 Å². The van der Waals surface area contributed by atoms with Gasteiger partial charge in [0.15, 0.2) is 0 Å². The molecule has 0 spiro atoms. The van der Waals surface area contributed by atoms with Crippen LogP contribution in [0.15, 0.2) is 42.5 Å². The quantitative estimate of drug-likeness (QED) is 0.885. The van der Waals surface area contributed by atoms with Crippen molar-refractivity contribution in [2.45, 2.75) is 26.8 Å². The molecule has 0 amide bonds. The van der Waals surface area contributed by atoms with Crippen LogP contribution in [0.5, 0.6) is 5.75 Å². The summed E-state index contributed by atoms with van der Waals surface area (Å²) in [4.78, 5) is 0. The van der Waals surface area contributed by atoms with Gasteiger partial charge < -0.3 is 10.1 Å². The van der Waals surface area contributed by atoms with Gasteiger partial charge in [-0.25, -0.2) is 0 Å². The monoisotopic (exact) mass is 269 g/mol. The minimum atomic E-state index is 0.163. The Morgan fingerprint density at radius 2 is 1.80 bits per heavy atom. The maximum Gasteiger partial charge on any atom is 0.123 e. The van der Waals surface area contributed by atoms with Crippen LogP contribution < -0.4 is 10.1 Å². The van der Waals surface area contributed by atoms with E-state index in [1.165, 1.54) is 22.3 Å². The lowest BCUT2D eigenvalue weighted by atomic mass is 9.93. The number of rotatable bonds is 5. The van der Waals surface area contributed by atoms with Gasteiger partial charge in [-0.3, -0.25) is 0 Å². The molecule has 2 nitrogen and oxygen atoms in total. The summed E-state index contributed by atoms with van der Waals surface area (Å²) in [5.74, 6) is 0.930. The van der Waals surface area contributed by atoms with Gasteiger partial charge >= 0.3 is 0 Å². The third-order valence-corrected chi connectivity index (χ3v) is 3.60. The average Bonchev–Trinajstić information content (AvgIpc) is 2.47. The molecule has 2 heteroatoms. The van der Waals surface area contributed by atoms with Crippen molar-refractivity contribution in [3.63, 3.8) is 0 Å². The second kappa shape index (κ2) is 6.58. The Morgan fingerprint density at radius 3 is 2.50 bits per heavy atom. The lowest BCUT2D eigenvalue weighted by Crippen LogP contribution is -2.23. The van der Waals surface area contributed by atoms with Gasteiger partial charge in [0.2, 0.25) is 0 Å². The summed E-state index contributed by atoms with van der Waals surface area (Å²) in [7, 11) is 1.73. The van der Waals surface area contributed by atoms with E-state index in [1.54, 1.807) is 7.11 Å². The van der Waals surface area contributed by atoms with Crippen molar-refractivity contribution in [3.8, 4) is 5.75 Å². The van der Waals surface area contributed by atoms with Gasteiger partial charge in [0, 0.05) is 5.56 Å². The molecule has 0 aliphatic heterocycles. The number of hydrogen-bond donors (Lipinski definition) is 1. The van der Waals surface area contributed by atoms with E-state index in [2.05, 4.69) is 56.4 Å². The highest BCUT2D eigenvalue weighted by Gasteiger charge is 2.18. The van der Waals surface area contributed by atoms with E-state index < -0.39 is 0 Å². The van der Waals surface area contributed by atoms with Gasteiger partial charge in [-0.2, -0.15) is 0 Å². The van der Waals surface area contributed by atoms with Gasteiger partial charge in [0.1, 0.15) is 5.75 Å². The largest absolute Gasteiger partial charge is 0.496 e. The number of nitrogens with one attached hydrogen (secondary N) is 1. The van der Waals surface area contributed by atoms with E-state index in [0.29, 0.717) is 0 Å². The summed E-state index contributed by atoms with van der Waals surface area (Å²) in [6.45, 7) is 7.34. The van der Waals surface area contributed by atoms with Crippen molar-refractivity contribution in [2.24, 2.45) is 0 Å². The fourth-order valence-corrected chi connectivity index (χ4v) is 2.57. The fraction of sp³-hybridized carbons (Fsp3) is 0.333. The summed E-state index contributed by atoms with van der Waals surface area (Å²) in [5.41, 5.74) is 5.08. The predicted molar refractivity (Wildman–Crippen MR) is 84.4 cm³/mol. The Labute approximate surface area is 121 Å². The van der Waals surface area contributed by atoms with E-state index >= 15 is 0 Å². The summed E-state index contributed by atoms with van der Waals surface area (Å²) >= 11 is 0. The van der Waals surface area contributed by atoms with Crippen LogP contribution in [0.3, 0.4) is 0 Å². The normalized spacial score (nSPS) is 12.2. The molecule has 0 heterocycles. The number of hydrogen-bond acceptors (Lipinski definition) is 2. The van der Waals surface area contributed by atoms with Crippen LogP contribution in [0, 0.1) is 13.8 Å². The van der Waals surface area contributed by atoms with Gasteiger partial charge in [-0.05, 0) is 37.6 Å². The molecule has 2 rings (SSSR count). The first kappa shape index (κ1) is 14.6. The summed E-state index contributed by atoms with van der Waals surface area (Å²) in [6, 6.07) is 15.0. The molecule has 0 bridgehead atoms. The highest BCUT2D eigenvalue weighted by molar-refractivity contribution is 5.45. The third-order valence-electron chi connectivity index (χ3n) is 3.60. The molecule has 1 unspecified atom stereocenters. The second-order valence-electron chi connectivity index (χ2n) is 5.09. The molecule has 0 radical (unpaired) electrons. The Morgan fingerprint density at radius 1 is 1.05 bits per heavy atom. The van der Waals surface area contributed by atoms with Gasteiger partial charge in [-0.15, -0.1) is 0 Å². The fourth-order valence-electron chi connectivity index (χ4n) is 2.57. The van der Waals surface area contributed by atoms with Gasteiger partial charge in [-0.1, -0.05) is 48.9 Å². The van der Waals surface area contributed by atoms with Crippen LogP contribution in [0.2, 0.25) is 0 Å². The van der Waals surface area contributed by atoms with Crippen molar-refractivity contribution in [1.29, 1.82) is 0 Å². The molecule has 0 saturated carbocycles. The third kappa shape index (κ3) is 3.02. The summed E-state index contributed by atoms with van der Waals surface area (Å²) in [6.07, 6.45) is 0. The van der Waals surface area contributed by atoms with Crippen LogP contribution >= 0.6 is 0 Å². The maximum atomic E-state index is 5.52. The number of methoxy groups -OCH3 is 1. The molecule has 106 valence electrons. The first-order chi connectivity index (χ1) is 9.67. The van der Waals surface area contributed by atoms with Crippen LogP contribution in [-0.4, -0.2) is 13.7 Å². The molecular formula is C18H23NO. The van der Waals surface area contributed by atoms with E-state index in [-0.39, 0.29) is 6.04 Å². The smallest absolute Gasteiger partial charge is 0.123 e. The molecule has 0 fully saturated rings. The average molecular weight is 269 g/mol. The highest BCUT2D eigenvalue weighted by atomic mass is 16.5. The van der Waals surface area contributed by atoms with Crippen molar-refractivity contribution in [1.82, 2.24) is 5.32 Å². The lowest BCUT2D eigenvalue weighted by molar-refractivity contribution is 0.404. The number of aryl methyl sites for hydroxylation is 2. The van der Waals surface area contributed by atoms with Crippen LogP contribution in [0.1, 0.15) is 35.2 Å². The SMILES string of the molecule is CCNC(c1cc(C)ccc1C)c1ccccc1OC. The molecule has 2 aromatic carbocycles. The van der Waals surface area contributed by atoms with Crippen molar-refractivity contribution in [2.75, 3.05) is 13.7 Å². The van der Waals surface area contributed by atoms with E-state index in [9.17, 15) is 0 Å². The molecule has 0 aromatic heterocycles. The Hall–Kier alpha value is -1.80. The van der Waals surface area contributed by atoms with Crippen LogP contribution in [0.4, 0.5) is 0 Å². The molecule has 2 aromatic rings. The second-order valence-corrected chi connectivity index (χ2v) is 5.09. The molecule has 0 aliphatic carbocycles. The number of para-hydroxylation sites is 1. The zero-order chi connectivity index (χ0) is 14.5. The Balaban J connectivity index is 2.53. The number of ether oxygens (including phenoxy) is 1. The molecule has 0 saturated heterocycles. The van der Waals surface area contributed by atoms with Gasteiger partial charge in [0.25, 0.3) is 0 Å². The van der Waals surface area contributed by atoms with E-state index in [0.717, 1.165) is 12.3 Å². The zero-order valence-electron chi connectivity index (χ0n) is 12.7. The predicted octanol–water partition coefficient (Wildman–Crippen LogP) is 4.01. The molecule has 0 aliphatic rings. The molecule has 20 heavy (non-hydrogen) atoms. The maximum absolute atomic E-state index is 5.52. The first-order valence-electron chi connectivity index (χ1n) is 7.10. The zero-order valence-corrected chi connectivity index (χ0v) is 12.7. The minimum Gasteiger partial charge on any atom is -0.496 e. The molecular weight excluding hydrogens is 246 g/mol. The van der Waals surface area contributed by atoms with Crippen molar-refractivity contribution < 1.29 is 4.74 Å². The summed E-state index contributed by atoms with van der Waals surface area (Å²) < 4.78 is 5.52. The Kier molecular flexibility index (Phi) is 4.80. The molecule has 1 atom stereocenters. The van der Waals surface area contributed by atoms with Crippen LogP contribution in [0.25, 0.3) is 0 Å². The first-order valence-corrected chi connectivity index (χ1v) is 7.10. The van der Waals surface area contributed by atoms with Crippen molar-refractivity contribution >= 4 is 0 Å². The molecule has 1 N–H and O–H groups in total. The van der Waals surface area contributed by atoms with E-state index in [1.807, 2.05) is 12.1 Å². The Bertz CT molecular complexity index is 577. The summed E-state index contributed by atoms with van der Waals surface area (Å²) in [5, 5.41) is 3.58. The standard InChI is InChI=1S/C18H23NO/c1-5-19-18(15-8-6-7-9-17(15)20-4)16-12-13(2)10-11-14(16)3/h6-12,18-19H,5H2,1-4H3. The van der Waals surface area contributed by atoms with E-state index in [4.69, 9.17) is 4.74 Å². The van der Waals surface area contributed by atoms with Crippen molar-refractivity contribution in [3.05, 3.63) is 64.7 Å².